The number of esters is 1. The van der Waals surface area contributed by atoms with E-state index in [0.717, 1.165) is 4.90 Å². The van der Waals surface area contributed by atoms with Crippen LogP contribution in [0.4, 0.5) is 0 Å². The van der Waals surface area contributed by atoms with E-state index < -0.39 is 12.0 Å². The van der Waals surface area contributed by atoms with Crippen molar-refractivity contribution in [1.29, 1.82) is 0 Å². The maximum Gasteiger partial charge on any atom is 0.319 e. The van der Waals surface area contributed by atoms with Crippen LogP contribution in [-0.2, 0) is 19.1 Å². The van der Waals surface area contributed by atoms with Crippen LogP contribution in [0.3, 0.4) is 0 Å². The molecule has 90 valence electrons. The molecular weight excluding hydrogens is 212 g/mol. The Kier molecular flexibility index (Phi) is 4.42. The fourth-order valence-corrected chi connectivity index (χ4v) is 1.52. The summed E-state index contributed by atoms with van der Waals surface area (Å²) in [6.45, 7) is 2.03. The van der Waals surface area contributed by atoms with Gasteiger partial charge in [-0.1, -0.05) is 0 Å². The Bertz CT molecular complexity index is 303. The molecule has 1 heterocycles. The van der Waals surface area contributed by atoms with Gasteiger partial charge in [-0.2, -0.15) is 0 Å². The Morgan fingerprint density at radius 2 is 2.25 bits per heavy atom. The van der Waals surface area contributed by atoms with Crippen LogP contribution in [0.1, 0.15) is 19.8 Å². The van der Waals surface area contributed by atoms with Crippen molar-refractivity contribution in [3.8, 4) is 0 Å². The molecule has 1 unspecified atom stereocenters. The molecule has 0 spiro atoms. The van der Waals surface area contributed by atoms with Crippen LogP contribution in [0.15, 0.2) is 0 Å². The number of nitrogens with zero attached hydrogens (tertiary/aromatic N) is 1. The Labute approximate surface area is 93.9 Å². The maximum absolute atomic E-state index is 11.6. The minimum atomic E-state index is -0.466. The van der Waals surface area contributed by atoms with Gasteiger partial charge in [-0.3, -0.25) is 24.6 Å². The normalized spacial score (nSPS) is 21.1. The molecule has 0 aromatic heterocycles. The third kappa shape index (κ3) is 3.03. The molecule has 1 rings (SSSR count). The zero-order chi connectivity index (χ0) is 12.1. The highest BCUT2D eigenvalue weighted by Crippen LogP contribution is 2.10. The summed E-state index contributed by atoms with van der Waals surface area (Å²) in [5, 5.41) is 2.79. The van der Waals surface area contributed by atoms with Gasteiger partial charge in [-0.05, 0) is 13.3 Å². The number of piperidine rings is 1. The topological polar surface area (TPSA) is 75.7 Å². The molecule has 6 nitrogen and oxygen atoms in total. The molecule has 1 fully saturated rings. The zero-order valence-electron chi connectivity index (χ0n) is 9.49. The number of amides is 2. The number of likely N-dealkylation sites (tertiary alicyclic amines) is 1. The summed E-state index contributed by atoms with van der Waals surface area (Å²) in [7, 11) is 1.45. The van der Waals surface area contributed by atoms with Gasteiger partial charge in [0.15, 0.2) is 0 Å². The number of rotatable bonds is 4. The summed E-state index contributed by atoms with van der Waals surface area (Å²) in [4.78, 5) is 34.9. The van der Waals surface area contributed by atoms with E-state index >= 15 is 0 Å². The first-order chi connectivity index (χ1) is 7.56. The fraction of sp³-hybridized carbons (Fsp3) is 0.700. The molecule has 0 aromatic carbocycles. The molecule has 6 heteroatoms. The van der Waals surface area contributed by atoms with Gasteiger partial charge < -0.3 is 4.74 Å². The fourth-order valence-electron chi connectivity index (χ4n) is 1.52. The van der Waals surface area contributed by atoms with Crippen molar-refractivity contribution in [2.75, 3.05) is 20.2 Å². The van der Waals surface area contributed by atoms with Crippen molar-refractivity contribution in [2.45, 2.75) is 25.8 Å². The van der Waals surface area contributed by atoms with Crippen LogP contribution in [0.2, 0.25) is 0 Å². The molecule has 1 aliphatic rings. The lowest BCUT2D eigenvalue weighted by molar-refractivity contribution is -0.148. The summed E-state index contributed by atoms with van der Waals surface area (Å²) in [5.41, 5.74) is 0. The first kappa shape index (κ1) is 12.6. The van der Waals surface area contributed by atoms with Crippen molar-refractivity contribution < 1.29 is 19.1 Å². The molecule has 0 aliphatic carbocycles. The maximum atomic E-state index is 11.6. The molecular formula is C10H16N2O4. The lowest BCUT2D eigenvalue weighted by atomic mass is 10.0. The highest BCUT2D eigenvalue weighted by molar-refractivity contribution is 6.00. The Morgan fingerprint density at radius 1 is 1.56 bits per heavy atom. The lowest BCUT2D eigenvalue weighted by Gasteiger charge is -2.27. The molecule has 2 amide bonds. The number of ether oxygens (including phenoxy) is 1. The molecule has 0 saturated carbocycles. The van der Waals surface area contributed by atoms with Gasteiger partial charge in [-0.25, -0.2) is 0 Å². The van der Waals surface area contributed by atoms with Crippen LogP contribution < -0.4 is 5.32 Å². The third-order valence-electron chi connectivity index (χ3n) is 2.45. The second-order valence-electron chi connectivity index (χ2n) is 3.57. The highest BCUT2D eigenvalue weighted by Gasteiger charge is 2.31. The summed E-state index contributed by atoms with van der Waals surface area (Å²) >= 11 is 0. The van der Waals surface area contributed by atoms with Crippen LogP contribution in [-0.4, -0.2) is 48.9 Å². The van der Waals surface area contributed by atoms with Gasteiger partial charge >= 0.3 is 5.97 Å². The average molecular weight is 228 g/mol. The van der Waals surface area contributed by atoms with Crippen molar-refractivity contribution >= 4 is 17.8 Å². The van der Waals surface area contributed by atoms with Gasteiger partial charge in [-0.15, -0.1) is 0 Å². The first-order valence-electron chi connectivity index (χ1n) is 5.25. The van der Waals surface area contributed by atoms with Gasteiger partial charge in [0.05, 0.1) is 19.2 Å². The Morgan fingerprint density at radius 3 is 2.88 bits per heavy atom. The monoisotopic (exact) mass is 228 g/mol. The SMILES string of the molecule is CCOC(=O)CNC1CCC(=O)N(C)C1=O. The molecule has 1 aliphatic heterocycles. The zero-order valence-corrected chi connectivity index (χ0v) is 9.49. The molecule has 1 N–H and O–H groups in total. The number of carbonyl (C=O) groups excluding carboxylic acids is 3. The van der Waals surface area contributed by atoms with E-state index in [0.29, 0.717) is 19.4 Å². The minimum absolute atomic E-state index is 0.00766. The molecule has 16 heavy (non-hydrogen) atoms. The van der Waals surface area contributed by atoms with Crippen LogP contribution in [0.5, 0.6) is 0 Å². The Hall–Kier alpha value is -1.43. The highest BCUT2D eigenvalue weighted by atomic mass is 16.5. The minimum Gasteiger partial charge on any atom is -0.465 e. The summed E-state index contributed by atoms with van der Waals surface area (Å²) < 4.78 is 4.72. The van der Waals surface area contributed by atoms with Crippen LogP contribution >= 0.6 is 0 Å². The van der Waals surface area contributed by atoms with Crippen molar-refractivity contribution in [2.24, 2.45) is 0 Å². The summed E-state index contributed by atoms with van der Waals surface area (Å²) in [6.07, 6.45) is 0.754. The van der Waals surface area contributed by atoms with Gasteiger partial charge in [0, 0.05) is 13.5 Å². The van der Waals surface area contributed by atoms with Crippen LogP contribution in [0.25, 0.3) is 0 Å². The summed E-state index contributed by atoms with van der Waals surface area (Å²) in [6, 6.07) is -0.466. The number of hydrogen-bond acceptors (Lipinski definition) is 5. The van der Waals surface area contributed by atoms with Gasteiger partial charge in [0.25, 0.3) is 0 Å². The second kappa shape index (κ2) is 5.60. The average Bonchev–Trinajstić information content (AvgIpc) is 2.25. The molecule has 0 radical (unpaired) electrons. The van der Waals surface area contributed by atoms with E-state index in [-0.39, 0.29) is 18.4 Å². The third-order valence-corrected chi connectivity index (χ3v) is 2.45. The standard InChI is InChI=1S/C10H16N2O4/c1-3-16-9(14)6-11-7-4-5-8(13)12(2)10(7)15/h7,11H,3-6H2,1-2H3. The number of likely N-dealkylation sites (N-methyl/N-ethyl adjacent to an activating group) is 1. The molecule has 1 atom stereocenters. The lowest BCUT2D eigenvalue weighted by Crippen LogP contribution is -2.52. The largest absolute Gasteiger partial charge is 0.465 e. The Balaban J connectivity index is 2.40. The quantitative estimate of drug-likeness (QED) is 0.508. The van der Waals surface area contributed by atoms with Crippen molar-refractivity contribution in [3.05, 3.63) is 0 Å². The van der Waals surface area contributed by atoms with E-state index in [1.54, 1.807) is 6.92 Å². The number of nitrogens with one attached hydrogen (secondary N) is 1. The first-order valence-corrected chi connectivity index (χ1v) is 5.25. The molecule has 1 saturated heterocycles. The summed E-state index contributed by atoms with van der Waals surface area (Å²) in [5.74, 6) is -0.866. The number of imide groups is 1. The van der Waals surface area contributed by atoms with E-state index in [1.165, 1.54) is 7.05 Å². The predicted molar refractivity (Wildman–Crippen MR) is 55.4 cm³/mol. The number of carbonyl (C=O) groups is 3. The molecule has 0 aromatic rings. The smallest absolute Gasteiger partial charge is 0.319 e. The van der Waals surface area contributed by atoms with E-state index in [2.05, 4.69) is 5.32 Å². The predicted octanol–water partition coefficient (Wildman–Crippen LogP) is -0.713. The van der Waals surface area contributed by atoms with E-state index in [9.17, 15) is 14.4 Å². The van der Waals surface area contributed by atoms with Gasteiger partial charge in [0.1, 0.15) is 0 Å². The number of hydrogen-bond donors (Lipinski definition) is 1. The van der Waals surface area contributed by atoms with Gasteiger partial charge in [0.2, 0.25) is 11.8 Å². The van der Waals surface area contributed by atoms with Crippen molar-refractivity contribution in [3.63, 3.8) is 0 Å². The second-order valence-corrected chi connectivity index (χ2v) is 3.57. The van der Waals surface area contributed by atoms with E-state index in [4.69, 9.17) is 4.74 Å². The van der Waals surface area contributed by atoms with E-state index in [1.807, 2.05) is 0 Å². The van der Waals surface area contributed by atoms with Crippen molar-refractivity contribution in [1.82, 2.24) is 10.2 Å². The molecule has 0 bridgehead atoms. The van der Waals surface area contributed by atoms with Crippen LogP contribution in [0, 0.1) is 0 Å².